The van der Waals surface area contributed by atoms with Crippen LogP contribution >= 0.6 is 0 Å². The fourth-order valence-corrected chi connectivity index (χ4v) is 5.25. The van der Waals surface area contributed by atoms with Gasteiger partial charge in [-0.1, -0.05) is 91.9 Å². The van der Waals surface area contributed by atoms with Gasteiger partial charge in [0.2, 0.25) is 5.91 Å². The number of rotatable bonds is 9. The molecule has 1 saturated heterocycles. The number of amides is 1. The zero-order chi connectivity index (χ0) is 22.9. The van der Waals surface area contributed by atoms with Gasteiger partial charge in [0.1, 0.15) is 0 Å². The molecule has 0 saturated carbocycles. The minimum atomic E-state index is -0.659. The molecule has 4 rings (SSSR count). The van der Waals surface area contributed by atoms with Crippen molar-refractivity contribution in [2.45, 2.75) is 43.9 Å². The van der Waals surface area contributed by atoms with Crippen molar-refractivity contribution in [1.29, 1.82) is 0 Å². The van der Waals surface area contributed by atoms with E-state index in [2.05, 4.69) is 65.7 Å². The Hall–Kier alpha value is -2.91. The molecule has 1 aliphatic heterocycles. The van der Waals surface area contributed by atoms with Crippen molar-refractivity contribution in [3.8, 4) is 0 Å². The second-order valence-corrected chi connectivity index (χ2v) is 9.05. The molecule has 1 fully saturated rings. The van der Waals surface area contributed by atoms with E-state index >= 15 is 0 Å². The van der Waals surface area contributed by atoms with Gasteiger partial charge in [-0.3, -0.25) is 4.79 Å². The molecular formula is C30H35N2O. The fraction of sp³-hybridized carbons (Fsp3) is 0.367. The highest BCUT2D eigenvalue weighted by atomic mass is 16.2. The van der Waals surface area contributed by atoms with Crippen LogP contribution in [0.5, 0.6) is 0 Å². The number of piperidine rings is 1. The molecule has 1 heterocycles. The van der Waals surface area contributed by atoms with Crippen molar-refractivity contribution >= 4 is 5.91 Å². The molecule has 0 aromatic heterocycles. The second-order valence-electron chi connectivity index (χ2n) is 9.05. The summed E-state index contributed by atoms with van der Waals surface area (Å²) in [6.45, 7) is 6.09. The third kappa shape index (κ3) is 5.36. The Labute approximate surface area is 198 Å². The van der Waals surface area contributed by atoms with Crippen LogP contribution in [-0.4, -0.2) is 37.0 Å². The first-order valence-corrected chi connectivity index (χ1v) is 12.3. The first kappa shape index (κ1) is 23.3. The molecule has 0 spiro atoms. The maximum atomic E-state index is 13.6. The summed E-state index contributed by atoms with van der Waals surface area (Å²) in [5, 5.41) is 3.28. The zero-order valence-corrected chi connectivity index (χ0v) is 19.7. The van der Waals surface area contributed by atoms with E-state index in [-0.39, 0.29) is 5.91 Å². The van der Waals surface area contributed by atoms with Crippen molar-refractivity contribution < 1.29 is 4.79 Å². The Morgan fingerprint density at radius 3 is 2.15 bits per heavy atom. The Balaban J connectivity index is 1.32. The van der Waals surface area contributed by atoms with Gasteiger partial charge in [0.25, 0.3) is 0 Å². The number of likely N-dealkylation sites (tertiary alicyclic amines) is 1. The van der Waals surface area contributed by atoms with Crippen molar-refractivity contribution in [3.05, 3.63) is 108 Å². The molecule has 0 unspecified atom stereocenters. The van der Waals surface area contributed by atoms with Gasteiger partial charge in [-0.15, -0.1) is 0 Å². The summed E-state index contributed by atoms with van der Waals surface area (Å²) >= 11 is 0. The van der Waals surface area contributed by atoms with Crippen LogP contribution < -0.4 is 5.32 Å². The summed E-state index contributed by atoms with van der Waals surface area (Å²) < 4.78 is 0. The zero-order valence-electron chi connectivity index (χ0n) is 19.7. The monoisotopic (exact) mass is 439 g/mol. The number of nitrogens with one attached hydrogen (secondary N) is 1. The van der Waals surface area contributed by atoms with E-state index in [0.717, 1.165) is 43.6 Å². The maximum absolute atomic E-state index is 13.6. The fourth-order valence-electron chi connectivity index (χ4n) is 5.25. The molecule has 3 aromatic carbocycles. The van der Waals surface area contributed by atoms with Gasteiger partial charge in [0.15, 0.2) is 0 Å². The normalized spacial score (nSPS) is 15.3. The summed E-state index contributed by atoms with van der Waals surface area (Å²) in [6.07, 6.45) is 4.09. The second kappa shape index (κ2) is 11.3. The average Bonchev–Trinajstić information content (AvgIpc) is 2.89. The molecule has 1 amide bonds. The minimum absolute atomic E-state index is 0.0986. The molecule has 33 heavy (non-hydrogen) atoms. The van der Waals surface area contributed by atoms with Gasteiger partial charge in [-0.25, -0.2) is 0 Å². The summed E-state index contributed by atoms with van der Waals surface area (Å²) in [7, 11) is 0. The molecule has 1 N–H and O–H groups in total. The van der Waals surface area contributed by atoms with Gasteiger partial charge in [-0.05, 0) is 74.0 Å². The lowest BCUT2D eigenvalue weighted by molar-refractivity contribution is -0.125. The van der Waals surface area contributed by atoms with Gasteiger partial charge in [-0.2, -0.15) is 0 Å². The van der Waals surface area contributed by atoms with E-state index in [9.17, 15) is 4.79 Å². The molecular weight excluding hydrogens is 404 g/mol. The number of benzene rings is 3. The average molecular weight is 440 g/mol. The SMILES string of the molecule is CCC(C(=O)NCCCN1CCC(c2c[c]ccc2)CC1)(c1ccccc1)c1ccccc1. The van der Waals surface area contributed by atoms with Gasteiger partial charge >= 0.3 is 0 Å². The number of carbonyl (C=O) groups excluding carboxylic acids is 1. The highest BCUT2D eigenvalue weighted by Crippen LogP contribution is 2.36. The van der Waals surface area contributed by atoms with E-state index in [1.807, 2.05) is 42.5 Å². The Morgan fingerprint density at radius 1 is 0.970 bits per heavy atom. The predicted molar refractivity (Wildman–Crippen MR) is 135 cm³/mol. The number of carbonyl (C=O) groups is 1. The van der Waals surface area contributed by atoms with Crippen molar-refractivity contribution in [2.75, 3.05) is 26.2 Å². The predicted octanol–water partition coefficient (Wildman–Crippen LogP) is 5.57. The molecule has 3 nitrogen and oxygen atoms in total. The molecule has 3 aromatic rings. The molecule has 1 aliphatic rings. The van der Waals surface area contributed by atoms with Crippen molar-refractivity contribution in [3.63, 3.8) is 0 Å². The molecule has 171 valence electrons. The van der Waals surface area contributed by atoms with E-state index in [4.69, 9.17) is 0 Å². The number of nitrogens with zero attached hydrogens (tertiary/aromatic N) is 1. The van der Waals surface area contributed by atoms with Crippen LogP contribution in [0.4, 0.5) is 0 Å². The van der Waals surface area contributed by atoms with Crippen LogP contribution in [0.25, 0.3) is 0 Å². The quantitative estimate of drug-likeness (QED) is 0.442. The van der Waals surface area contributed by atoms with Crippen LogP contribution in [0.1, 0.15) is 55.2 Å². The highest BCUT2D eigenvalue weighted by Gasteiger charge is 2.40. The minimum Gasteiger partial charge on any atom is -0.355 e. The van der Waals surface area contributed by atoms with Crippen LogP contribution in [0.15, 0.2) is 84.9 Å². The smallest absolute Gasteiger partial charge is 0.235 e. The lowest BCUT2D eigenvalue weighted by Crippen LogP contribution is -2.46. The first-order chi connectivity index (χ1) is 16.2. The van der Waals surface area contributed by atoms with E-state index in [0.29, 0.717) is 12.5 Å². The van der Waals surface area contributed by atoms with Crippen molar-refractivity contribution in [1.82, 2.24) is 10.2 Å². The third-order valence-electron chi connectivity index (χ3n) is 7.18. The van der Waals surface area contributed by atoms with E-state index in [1.165, 1.54) is 18.4 Å². The summed E-state index contributed by atoms with van der Waals surface area (Å²) in [6, 6.07) is 32.0. The maximum Gasteiger partial charge on any atom is 0.235 e. The summed E-state index contributed by atoms with van der Waals surface area (Å²) in [5.74, 6) is 0.752. The third-order valence-corrected chi connectivity index (χ3v) is 7.18. The molecule has 3 heteroatoms. The molecule has 0 aliphatic carbocycles. The first-order valence-electron chi connectivity index (χ1n) is 12.3. The molecule has 0 bridgehead atoms. The Bertz CT molecular complexity index is 940. The lowest BCUT2D eigenvalue weighted by atomic mass is 9.71. The van der Waals surface area contributed by atoms with Crippen LogP contribution in [0.2, 0.25) is 0 Å². The lowest BCUT2D eigenvalue weighted by Gasteiger charge is -2.34. The Morgan fingerprint density at radius 2 is 1.61 bits per heavy atom. The largest absolute Gasteiger partial charge is 0.355 e. The molecule has 0 atom stereocenters. The van der Waals surface area contributed by atoms with Crippen LogP contribution in [-0.2, 0) is 10.2 Å². The highest BCUT2D eigenvalue weighted by molar-refractivity contribution is 5.92. The van der Waals surface area contributed by atoms with Crippen LogP contribution in [0.3, 0.4) is 0 Å². The summed E-state index contributed by atoms with van der Waals surface area (Å²) in [5.41, 5.74) is 2.86. The topological polar surface area (TPSA) is 32.3 Å². The van der Waals surface area contributed by atoms with E-state index in [1.54, 1.807) is 0 Å². The van der Waals surface area contributed by atoms with E-state index < -0.39 is 5.41 Å². The Kier molecular flexibility index (Phi) is 7.96. The van der Waals surface area contributed by atoms with Gasteiger partial charge in [0.05, 0.1) is 5.41 Å². The standard InChI is InChI=1S/C30H35N2O/c1-2-30(27-15-8-4-9-16-27,28-17-10-5-11-18-28)29(33)31-21-12-22-32-23-19-26(20-24-32)25-13-6-3-7-14-25/h3-6,8-11,13-18,26H,2,12,19-24H2,1H3,(H,31,33). The van der Waals surface area contributed by atoms with Gasteiger partial charge in [0, 0.05) is 6.54 Å². The summed E-state index contributed by atoms with van der Waals surface area (Å²) in [4.78, 5) is 16.2. The number of hydrogen-bond donors (Lipinski definition) is 1. The number of hydrogen-bond acceptors (Lipinski definition) is 2. The van der Waals surface area contributed by atoms with Crippen molar-refractivity contribution in [2.24, 2.45) is 0 Å². The van der Waals surface area contributed by atoms with Crippen LogP contribution in [0, 0.1) is 6.07 Å². The molecule has 1 radical (unpaired) electrons. The van der Waals surface area contributed by atoms with Gasteiger partial charge < -0.3 is 10.2 Å².